The molecule has 0 aliphatic heterocycles. The van der Waals surface area contributed by atoms with E-state index in [1.54, 1.807) is 18.9 Å². The van der Waals surface area contributed by atoms with Gasteiger partial charge in [-0.3, -0.25) is 0 Å². The van der Waals surface area contributed by atoms with Crippen LogP contribution < -0.4 is 0 Å². The van der Waals surface area contributed by atoms with Crippen LogP contribution in [0.1, 0.15) is 13.3 Å². The molecule has 1 aromatic rings. The summed E-state index contributed by atoms with van der Waals surface area (Å²) in [5.41, 5.74) is 0. The average molecular weight is 319 g/mol. The fourth-order valence-electron chi connectivity index (χ4n) is 1.40. The molecule has 17 heavy (non-hydrogen) atoms. The fraction of sp³-hybridized carbons (Fsp3) is 0.538. The van der Waals surface area contributed by atoms with E-state index in [9.17, 15) is 5.11 Å². The first-order valence-corrected chi connectivity index (χ1v) is 7.47. The monoisotopic (exact) mass is 318 g/mol. The van der Waals surface area contributed by atoms with E-state index in [1.165, 1.54) is 4.90 Å². The molecular weight excluding hydrogens is 300 g/mol. The van der Waals surface area contributed by atoms with Crippen LogP contribution in [-0.2, 0) is 4.74 Å². The average Bonchev–Trinajstić information content (AvgIpc) is 2.34. The number of halogens is 1. The minimum Gasteiger partial charge on any atom is -0.392 e. The Bertz CT molecular complexity index is 333. The number of thioether (sulfide) groups is 1. The van der Waals surface area contributed by atoms with E-state index >= 15 is 0 Å². The van der Waals surface area contributed by atoms with Crippen molar-refractivity contribution in [1.29, 1.82) is 0 Å². The van der Waals surface area contributed by atoms with Crippen molar-refractivity contribution in [2.24, 2.45) is 5.92 Å². The van der Waals surface area contributed by atoms with Gasteiger partial charge in [-0.05, 0) is 40.4 Å². The Hall–Kier alpha value is -0.0300. The lowest BCUT2D eigenvalue weighted by Gasteiger charge is -2.18. The topological polar surface area (TPSA) is 29.5 Å². The van der Waals surface area contributed by atoms with Gasteiger partial charge in [0.15, 0.2) is 0 Å². The first-order valence-electron chi connectivity index (χ1n) is 5.69. The van der Waals surface area contributed by atoms with E-state index in [1.807, 2.05) is 18.2 Å². The van der Waals surface area contributed by atoms with Crippen LogP contribution in [-0.4, -0.2) is 30.7 Å². The molecule has 2 nitrogen and oxygen atoms in total. The van der Waals surface area contributed by atoms with E-state index in [4.69, 9.17) is 4.74 Å². The van der Waals surface area contributed by atoms with Crippen LogP contribution in [0.3, 0.4) is 0 Å². The second kappa shape index (κ2) is 8.14. The number of methoxy groups -OCH3 is 1. The third-order valence-electron chi connectivity index (χ3n) is 2.68. The van der Waals surface area contributed by atoms with Crippen LogP contribution in [0.25, 0.3) is 0 Å². The summed E-state index contributed by atoms with van der Waals surface area (Å²) < 4.78 is 6.10. The van der Waals surface area contributed by atoms with Gasteiger partial charge in [-0.25, -0.2) is 0 Å². The molecule has 0 heterocycles. The lowest BCUT2D eigenvalue weighted by Crippen LogP contribution is -2.21. The van der Waals surface area contributed by atoms with Crippen LogP contribution in [0.4, 0.5) is 0 Å². The number of aliphatic hydroxyl groups excluding tert-OH is 1. The smallest absolute Gasteiger partial charge is 0.0660 e. The van der Waals surface area contributed by atoms with Crippen LogP contribution in [0, 0.1) is 5.92 Å². The highest BCUT2D eigenvalue weighted by Gasteiger charge is 2.14. The Labute approximate surface area is 116 Å². The molecule has 0 aliphatic rings. The van der Waals surface area contributed by atoms with Crippen molar-refractivity contribution in [3.63, 3.8) is 0 Å². The van der Waals surface area contributed by atoms with Crippen molar-refractivity contribution >= 4 is 27.7 Å². The maximum absolute atomic E-state index is 10.0. The molecule has 1 N–H and O–H groups in total. The van der Waals surface area contributed by atoms with Gasteiger partial charge >= 0.3 is 0 Å². The summed E-state index contributed by atoms with van der Waals surface area (Å²) >= 11 is 5.18. The summed E-state index contributed by atoms with van der Waals surface area (Å²) in [6.45, 7) is 2.77. The van der Waals surface area contributed by atoms with Gasteiger partial charge in [0, 0.05) is 28.8 Å². The van der Waals surface area contributed by atoms with Crippen LogP contribution in [0.2, 0.25) is 0 Å². The number of hydrogen-bond donors (Lipinski definition) is 1. The molecule has 0 radical (unpaired) electrons. The lowest BCUT2D eigenvalue weighted by molar-refractivity contribution is 0.105. The maximum atomic E-state index is 10.0. The molecular formula is C13H19BrO2S. The molecule has 1 rings (SSSR count). The van der Waals surface area contributed by atoms with Crippen LogP contribution >= 0.6 is 27.7 Å². The molecule has 0 bridgehead atoms. The molecule has 2 unspecified atom stereocenters. The predicted molar refractivity (Wildman–Crippen MR) is 76.5 cm³/mol. The number of ether oxygens (including phenoxy) is 1. The Balaban J connectivity index is 2.37. The van der Waals surface area contributed by atoms with Crippen molar-refractivity contribution < 1.29 is 9.84 Å². The summed E-state index contributed by atoms with van der Waals surface area (Å²) in [6.07, 6.45) is 0.607. The number of hydrogen-bond acceptors (Lipinski definition) is 3. The van der Waals surface area contributed by atoms with Crippen molar-refractivity contribution in [3.05, 3.63) is 28.7 Å². The van der Waals surface area contributed by atoms with Gasteiger partial charge in [-0.1, -0.05) is 19.1 Å². The molecule has 0 aliphatic carbocycles. The third-order valence-corrected chi connectivity index (χ3v) is 4.81. The van der Waals surface area contributed by atoms with Crippen LogP contribution in [0.15, 0.2) is 33.6 Å². The molecule has 96 valence electrons. The molecule has 0 saturated carbocycles. The number of aliphatic hydroxyl groups is 1. The molecule has 2 atom stereocenters. The van der Waals surface area contributed by atoms with E-state index in [0.717, 1.165) is 10.9 Å². The van der Waals surface area contributed by atoms with E-state index in [2.05, 4.69) is 28.9 Å². The Morgan fingerprint density at radius 1 is 1.41 bits per heavy atom. The first kappa shape index (κ1) is 15.0. The van der Waals surface area contributed by atoms with Crippen LogP contribution in [0.5, 0.6) is 0 Å². The highest BCUT2D eigenvalue weighted by Crippen LogP contribution is 2.28. The highest BCUT2D eigenvalue weighted by molar-refractivity contribution is 9.10. The fourth-order valence-corrected chi connectivity index (χ4v) is 3.09. The minimum absolute atomic E-state index is 0.268. The molecule has 0 spiro atoms. The normalized spacial score (nSPS) is 14.6. The van der Waals surface area contributed by atoms with Gasteiger partial charge in [0.05, 0.1) is 6.10 Å². The first-order chi connectivity index (χ1) is 8.15. The van der Waals surface area contributed by atoms with Gasteiger partial charge in [0.1, 0.15) is 0 Å². The zero-order chi connectivity index (χ0) is 12.7. The summed E-state index contributed by atoms with van der Waals surface area (Å²) in [5.74, 6) is 0.984. The quantitative estimate of drug-likeness (QED) is 0.779. The summed E-state index contributed by atoms with van der Waals surface area (Å²) in [7, 11) is 1.69. The third kappa shape index (κ3) is 5.42. The van der Waals surface area contributed by atoms with Gasteiger partial charge in [-0.2, -0.15) is 0 Å². The van der Waals surface area contributed by atoms with Gasteiger partial charge in [0.2, 0.25) is 0 Å². The SMILES string of the molecule is COCCC(C)C(O)CSc1ccccc1Br. The molecule has 1 aromatic carbocycles. The molecule has 0 fully saturated rings. The van der Waals surface area contributed by atoms with E-state index in [-0.39, 0.29) is 12.0 Å². The van der Waals surface area contributed by atoms with Gasteiger partial charge < -0.3 is 9.84 Å². The van der Waals surface area contributed by atoms with Crippen molar-refractivity contribution in [2.45, 2.75) is 24.3 Å². The summed E-state index contributed by atoms with van der Waals surface area (Å²) in [5, 5.41) is 10.0. The zero-order valence-electron chi connectivity index (χ0n) is 10.2. The van der Waals surface area contributed by atoms with Gasteiger partial charge in [-0.15, -0.1) is 11.8 Å². The van der Waals surface area contributed by atoms with Gasteiger partial charge in [0.25, 0.3) is 0 Å². The standard InChI is InChI=1S/C13H19BrO2S/c1-10(7-8-16-2)12(15)9-17-13-6-4-3-5-11(13)14/h3-6,10,12,15H,7-9H2,1-2H3. The molecule has 0 aromatic heterocycles. The second-order valence-corrected chi connectivity index (χ2v) is 5.98. The van der Waals surface area contributed by atoms with Crippen molar-refractivity contribution in [3.8, 4) is 0 Å². The Kier molecular flexibility index (Phi) is 7.19. The van der Waals surface area contributed by atoms with E-state index in [0.29, 0.717) is 12.4 Å². The number of rotatable bonds is 7. The molecule has 4 heteroatoms. The lowest BCUT2D eigenvalue weighted by atomic mass is 10.0. The number of benzene rings is 1. The largest absolute Gasteiger partial charge is 0.392 e. The van der Waals surface area contributed by atoms with E-state index < -0.39 is 0 Å². The second-order valence-electron chi connectivity index (χ2n) is 4.07. The summed E-state index contributed by atoms with van der Waals surface area (Å²) in [4.78, 5) is 1.17. The molecule has 0 amide bonds. The maximum Gasteiger partial charge on any atom is 0.0660 e. The predicted octanol–water partition coefficient (Wildman–Crippen LogP) is 3.57. The minimum atomic E-state index is -0.290. The van der Waals surface area contributed by atoms with Crippen molar-refractivity contribution in [2.75, 3.05) is 19.5 Å². The zero-order valence-corrected chi connectivity index (χ0v) is 12.6. The Morgan fingerprint density at radius 2 is 2.12 bits per heavy atom. The Morgan fingerprint density at radius 3 is 2.76 bits per heavy atom. The van der Waals surface area contributed by atoms with Crippen molar-refractivity contribution in [1.82, 2.24) is 0 Å². The summed E-state index contributed by atoms with van der Waals surface area (Å²) in [6, 6.07) is 8.07. The highest BCUT2D eigenvalue weighted by atomic mass is 79.9. The molecule has 0 saturated heterocycles.